The maximum absolute atomic E-state index is 11.7. The van der Waals surface area contributed by atoms with Gasteiger partial charge in [0, 0.05) is 17.1 Å². The number of thioether (sulfide) groups is 1. The highest BCUT2D eigenvalue weighted by Gasteiger charge is 2.46. The van der Waals surface area contributed by atoms with E-state index >= 15 is 0 Å². The van der Waals surface area contributed by atoms with Crippen LogP contribution in [-0.2, 0) is 17.2 Å². The Hall–Kier alpha value is -0.280. The van der Waals surface area contributed by atoms with Gasteiger partial charge in [-0.05, 0) is 37.0 Å². The summed E-state index contributed by atoms with van der Waals surface area (Å²) < 4.78 is 11.7. The van der Waals surface area contributed by atoms with Gasteiger partial charge in [0.05, 0.1) is 4.08 Å². The average molecular weight is 254 g/mol. The van der Waals surface area contributed by atoms with Crippen molar-refractivity contribution < 1.29 is 4.21 Å². The van der Waals surface area contributed by atoms with Crippen molar-refractivity contribution in [3.63, 3.8) is 0 Å². The number of hydrogen-bond donors (Lipinski definition) is 0. The van der Waals surface area contributed by atoms with Gasteiger partial charge in [-0.2, -0.15) is 0 Å². The molecule has 3 heteroatoms. The molecule has 1 fully saturated rings. The second kappa shape index (κ2) is 4.92. The maximum atomic E-state index is 11.7. The van der Waals surface area contributed by atoms with Crippen LogP contribution < -0.4 is 0 Å². The highest BCUT2D eigenvalue weighted by Crippen LogP contribution is 2.50. The molecule has 0 amide bonds. The lowest BCUT2D eigenvalue weighted by Gasteiger charge is -2.45. The van der Waals surface area contributed by atoms with Crippen molar-refractivity contribution in [3.8, 4) is 0 Å². The largest absolute Gasteiger partial charge is 0.258 e. The Bertz CT molecular complexity index is 369. The predicted molar refractivity (Wildman–Crippen MR) is 73.2 cm³/mol. The van der Waals surface area contributed by atoms with E-state index in [4.69, 9.17) is 0 Å². The fraction of sp³-hybridized carbons (Fsp3) is 0.538. The first kappa shape index (κ1) is 12.2. The van der Waals surface area contributed by atoms with Gasteiger partial charge in [-0.3, -0.25) is 4.21 Å². The van der Waals surface area contributed by atoms with Crippen LogP contribution in [0.15, 0.2) is 30.3 Å². The van der Waals surface area contributed by atoms with E-state index in [0.29, 0.717) is 0 Å². The van der Waals surface area contributed by atoms with Gasteiger partial charge in [-0.25, -0.2) is 0 Å². The second-order valence-electron chi connectivity index (χ2n) is 4.53. The van der Waals surface area contributed by atoms with Gasteiger partial charge in [0.15, 0.2) is 0 Å². The summed E-state index contributed by atoms with van der Waals surface area (Å²) in [5, 5.41) is 0. The van der Waals surface area contributed by atoms with Crippen LogP contribution in [0.3, 0.4) is 0 Å². The fourth-order valence-corrected chi connectivity index (χ4v) is 5.11. The summed E-state index contributed by atoms with van der Waals surface area (Å²) in [5.74, 6) is 0.721. The standard InChI is InChI=1S/C13H18OS2/c1-15-13(16(2)14)9-12(10-13)8-11-6-4-3-5-7-11/h3-7,12H,8-10H2,1-2H3. The molecule has 1 aromatic carbocycles. The molecule has 1 aliphatic carbocycles. The Kier molecular flexibility index (Phi) is 3.75. The molecule has 0 N–H and O–H groups in total. The summed E-state index contributed by atoms with van der Waals surface area (Å²) in [6.45, 7) is 0. The Labute approximate surface area is 104 Å². The smallest absolute Gasteiger partial charge is 0.0908 e. The predicted octanol–water partition coefficient (Wildman–Crippen LogP) is 3.08. The van der Waals surface area contributed by atoms with Gasteiger partial charge in [0.1, 0.15) is 0 Å². The molecule has 0 bridgehead atoms. The highest BCUT2D eigenvalue weighted by molar-refractivity contribution is 8.12. The molecule has 88 valence electrons. The second-order valence-corrected chi connectivity index (χ2v) is 7.67. The third-order valence-corrected chi connectivity index (χ3v) is 7.13. The molecule has 1 nitrogen and oxygen atoms in total. The van der Waals surface area contributed by atoms with E-state index in [2.05, 4.69) is 36.6 Å². The zero-order valence-corrected chi connectivity index (χ0v) is 11.4. The van der Waals surface area contributed by atoms with Crippen LogP contribution >= 0.6 is 11.8 Å². The Morgan fingerprint density at radius 2 is 2.00 bits per heavy atom. The monoisotopic (exact) mass is 254 g/mol. The highest BCUT2D eigenvalue weighted by atomic mass is 32.2. The van der Waals surface area contributed by atoms with E-state index in [1.807, 2.05) is 6.26 Å². The third kappa shape index (κ3) is 2.35. The van der Waals surface area contributed by atoms with Gasteiger partial charge in [-0.15, -0.1) is 11.8 Å². The summed E-state index contributed by atoms with van der Waals surface area (Å²) in [6.07, 6.45) is 7.27. The Morgan fingerprint density at radius 3 is 2.50 bits per heavy atom. The molecule has 0 aromatic heterocycles. The van der Waals surface area contributed by atoms with E-state index < -0.39 is 10.8 Å². The molecule has 0 aliphatic heterocycles. The minimum absolute atomic E-state index is 0.0550. The first-order valence-corrected chi connectivity index (χ1v) is 8.37. The van der Waals surface area contributed by atoms with E-state index in [0.717, 1.165) is 25.2 Å². The lowest BCUT2D eigenvalue weighted by molar-refractivity contribution is 0.298. The molecule has 0 saturated heterocycles. The number of benzene rings is 1. The van der Waals surface area contributed by atoms with Crippen molar-refractivity contribution in [3.05, 3.63) is 35.9 Å². The van der Waals surface area contributed by atoms with Crippen LogP contribution in [0.4, 0.5) is 0 Å². The van der Waals surface area contributed by atoms with Crippen molar-refractivity contribution in [2.24, 2.45) is 5.92 Å². The molecular formula is C13H18OS2. The summed E-state index contributed by atoms with van der Waals surface area (Å²) in [5.41, 5.74) is 1.41. The van der Waals surface area contributed by atoms with Crippen molar-refractivity contribution in [1.29, 1.82) is 0 Å². The molecule has 1 unspecified atom stereocenters. The van der Waals surface area contributed by atoms with Gasteiger partial charge in [-0.1, -0.05) is 30.3 Å². The summed E-state index contributed by atoms with van der Waals surface area (Å²) in [6, 6.07) is 10.6. The lowest BCUT2D eigenvalue weighted by atomic mass is 9.80. The molecule has 1 atom stereocenters. The molecular weight excluding hydrogens is 236 g/mol. The quantitative estimate of drug-likeness (QED) is 0.821. The van der Waals surface area contributed by atoms with Crippen LogP contribution in [0.5, 0.6) is 0 Å². The van der Waals surface area contributed by atoms with E-state index in [9.17, 15) is 4.21 Å². The average Bonchev–Trinajstić information content (AvgIpc) is 2.24. The van der Waals surface area contributed by atoms with Crippen LogP contribution in [0.1, 0.15) is 18.4 Å². The Morgan fingerprint density at radius 1 is 1.38 bits per heavy atom. The zero-order valence-electron chi connectivity index (χ0n) is 9.81. The number of hydrogen-bond acceptors (Lipinski definition) is 2. The molecule has 1 aromatic rings. The SMILES string of the molecule is CSC1(S(C)=O)CC(Cc2ccccc2)C1. The summed E-state index contributed by atoms with van der Waals surface area (Å²) >= 11 is 1.78. The van der Waals surface area contributed by atoms with Crippen LogP contribution in [0, 0.1) is 5.92 Å². The number of rotatable bonds is 4. The summed E-state index contributed by atoms with van der Waals surface area (Å²) in [4.78, 5) is 0. The molecule has 16 heavy (non-hydrogen) atoms. The van der Waals surface area contributed by atoms with Crippen molar-refractivity contribution in [2.75, 3.05) is 12.5 Å². The molecule has 1 aliphatic rings. The van der Waals surface area contributed by atoms with E-state index in [-0.39, 0.29) is 4.08 Å². The van der Waals surface area contributed by atoms with E-state index in [1.54, 1.807) is 11.8 Å². The first-order chi connectivity index (χ1) is 7.66. The third-order valence-electron chi connectivity index (χ3n) is 3.46. The minimum Gasteiger partial charge on any atom is -0.258 e. The molecule has 1 saturated carbocycles. The van der Waals surface area contributed by atoms with E-state index in [1.165, 1.54) is 5.56 Å². The lowest BCUT2D eigenvalue weighted by Crippen LogP contribution is -2.44. The van der Waals surface area contributed by atoms with Gasteiger partial charge >= 0.3 is 0 Å². The van der Waals surface area contributed by atoms with Crippen molar-refractivity contribution >= 4 is 22.6 Å². The van der Waals surface area contributed by atoms with Gasteiger partial charge < -0.3 is 0 Å². The molecule has 0 heterocycles. The normalized spacial score (nSPS) is 30.8. The molecule has 0 radical (unpaired) electrons. The Balaban J connectivity index is 1.91. The fourth-order valence-electron chi connectivity index (χ4n) is 2.43. The maximum Gasteiger partial charge on any atom is 0.0908 e. The topological polar surface area (TPSA) is 17.1 Å². The molecule has 2 rings (SSSR count). The van der Waals surface area contributed by atoms with Crippen molar-refractivity contribution in [1.82, 2.24) is 0 Å². The van der Waals surface area contributed by atoms with Gasteiger partial charge in [0.2, 0.25) is 0 Å². The van der Waals surface area contributed by atoms with Crippen LogP contribution in [0.25, 0.3) is 0 Å². The zero-order chi connectivity index (χ0) is 11.6. The van der Waals surface area contributed by atoms with Crippen molar-refractivity contribution in [2.45, 2.75) is 23.3 Å². The van der Waals surface area contributed by atoms with Gasteiger partial charge in [0.25, 0.3) is 0 Å². The minimum atomic E-state index is -0.698. The summed E-state index contributed by atoms with van der Waals surface area (Å²) in [7, 11) is -0.698. The molecule has 0 spiro atoms. The van der Waals surface area contributed by atoms with Crippen LogP contribution in [-0.4, -0.2) is 20.8 Å². The van der Waals surface area contributed by atoms with Crippen LogP contribution in [0.2, 0.25) is 0 Å². The first-order valence-electron chi connectivity index (χ1n) is 5.59.